The molecule has 3 rings (SSSR count). The molecule has 1 fully saturated rings. The van der Waals surface area contributed by atoms with Crippen molar-refractivity contribution in [2.24, 2.45) is 11.8 Å². The third-order valence-electron chi connectivity index (χ3n) is 4.03. The van der Waals surface area contributed by atoms with Crippen LogP contribution in [-0.2, 0) is 0 Å². The number of carbonyl (C=O) groups is 1. The molecule has 0 saturated carbocycles. The Morgan fingerprint density at radius 2 is 1.90 bits per heavy atom. The van der Waals surface area contributed by atoms with Crippen molar-refractivity contribution < 1.29 is 4.79 Å². The quantitative estimate of drug-likeness (QED) is 0.866. The summed E-state index contributed by atoms with van der Waals surface area (Å²) in [5.74, 6) is 1.12. The first kappa shape index (κ1) is 13.9. The van der Waals surface area contributed by atoms with E-state index in [9.17, 15) is 4.79 Å². The van der Waals surface area contributed by atoms with Gasteiger partial charge in [0.2, 0.25) is 0 Å². The zero-order chi connectivity index (χ0) is 14.8. The molecule has 1 saturated heterocycles. The van der Waals surface area contributed by atoms with E-state index in [4.69, 9.17) is 0 Å². The Balaban J connectivity index is 1.80. The van der Waals surface area contributed by atoms with Crippen LogP contribution in [0.15, 0.2) is 36.5 Å². The lowest BCUT2D eigenvalue weighted by atomic mass is 9.92. The first-order chi connectivity index (χ1) is 10.1. The molecule has 1 aromatic heterocycles. The molecule has 0 spiro atoms. The molecule has 1 aromatic carbocycles. The van der Waals surface area contributed by atoms with E-state index in [-0.39, 0.29) is 6.03 Å². The number of pyridine rings is 1. The summed E-state index contributed by atoms with van der Waals surface area (Å²) < 4.78 is 0. The normalized spacial score (nSPS) is 22.3. The molecule has 2 atom stereocenters. The molecule has 2 aromatic rings. The van der Waals surface area contributed by atoms with Crippen LogP contribution < -0.4 is 5.32 Å². The summed E-state index contributed by atoms with van der Waals surface area (Å²) in [4.78, 5) is 18.8. The Bertz CT molecular complexity index is 640. The largest absolute Gasteiger partial charge is 0.324 e. The van der Waals surface area contributed by atoms with Gasteiger partial charge in [0.05, 0.1) is 11.2 Å². The van der Waals surface area contributed by atoms with Gasteiger partial charge in [0.15, 0.2) is 0 Å². The number of fused-ring (bicyclic) bond motifs is 1. The first-order valence-electron chi connectivity index (χ1n) is 7.53. The van der Waals surface area contributed by atoms with E-state index >= 15 is 0 Å². The smallest absolute Gasteiger partial charge is 0.321 e. The minimum atomic E-state index is -0.0217. The Labute approximate surface area is 125 Å². The molecular weight excluding hydrogens is 262 g/mol. The molecule has 4 heteroatoms. The van der Waals surface area contributed by atoms with Gasteiger partial charge in [0.1, 0.15) is 0 Å². The molecule has 1 aliphatic heterocycles. The number of para-hydroxylation sites is 1. The van der Waals surface area contributed by atoms with E-state index in [1.54, 1.807) is 6.20 Å². The summed E-state index contributed by atoms with van der Waals surface area (Å²) in [5.41, 5.74) is 1.62. The lowest BCUT2D eigenvalue weighted by molar-refractivity contribution is 0.156. The lowest BCUT2D eigenvalue weighted by Gasteiger charge is -2.34. The topological polar surface area (TPSA) is 45.2 Å². The zero-order valence-corrected chi connectivity index (χ0v) is 12.5. The van der Waals surface area contributed by atoms with E-state index in [2.05, 4.69) is 24.1 Å². The molecule has 0 aliphatic carbocycles. The predicted octanol–water partition coefficient (Wildman–Crippen LogP) is 3.74. The van der Waals surface area contributed by atoms with Gasteiger partial charge in [-0.2, -0.15) is 0 Å². The predicted molar refractivity (Wildman–Crippen MR) is 85.3 cm³/mol. The monoisotopic (exact) mass is 283 g/mol. The van der Waals surface area contributed by atoms with Crippen LogP contribution in [0.25, 0.3) is 10.9 Å². The lowest BCUT2D eigenvalue weighted by Crippen LogP contribution is -2.44. The standard InChI is InChI=1S/C17H21N3O/c1-12-9-13(2)11-20(10-12)17(21)19-15-7-3-5-14-6-4-8-18-16(14)15/h3-8,12-13H,9-11H2,1-2H3,(H,19,21)/t12-,13+. The summed E-state index contributed by atoms with van der Waals surface area (Å²) in [6.07, 6.45) is 2.95. The summed E-state index contributed by atoms with van der Waals surface area (Å²) in [7, 11) is 0. The maximum absolute atomic E-state index is 12.5. The van der Waals surface area contributed by atoms with Crippen molar-refractivity contribution in [1.29, 1.82) is 0 Å². The number of nitrogens with one attached hydrogen (secondary N) is 1. The number of carbonyl (C=O) groups excluding carboxylic acids is 1. The Morgan fingerprint density at radius 3 is 2.67 bits per heavy atom. The number of benzene rings is 1. The molecule has 2 amide bonds. The van der Waals surface area contributed by atoms with Crippen molar-refractivity contribution in [2.45, 2.75) is 20.3 Å². The molecule has 110 valence electrons. The van der Waals surface area contributed by atoms with Crippen LogP contribution in [0, 0.1) is 11.8 Å². The summed E-state index contributed by atoms with van der Waals surface area (Å²) in [6.45, 7) is 6.06. The maximum Gasteiger partial charge on any atom is 0.321 e. The van der Waals surface area contributed by atoms with Gasteiger partial charge in [-0.25, -0.2) is 4.79 Å². The van der Waals surface area contributed by atoms with E-state index in [1.165, 1.54) is 6.42 Å². The van der Waals surface area contributed by atoms with Gasteiger partial charge in [-0.05, 0) is 30.4 Å². The molecule has 0 bridgehead atoms. The minimum Gasteiger partial charge on any atom is -0.324 e. The molecular formula is C17H21N3O. The fourth-order valence-corrected chi connectivity index (χ4v) is 3.23. The van der Waals surface area contributed by atoms with Crippen molar-refractivity contribution in [3.05, 3.63) is 36.5 Å². The summed E-state index contributed by atoms with van der Waals surface area (Å²) in [5, 5.41) is 4.06. The van der Waals surface area contributed by atoms with Crippen LogP contribution in [0.4, 0.5) is 10.5 Å². The second-order valence-corrected chi connectivity index (χ2v) is 6.16. The zero-order valence-electron chi connectivity index (χ0n) is 12.5. The number of urea groups is 1. The fraction of sp³-hybridized carbons (Fsp3) is 0.412. The van der Waals surface area contributed by atoms with Gasteiger partial charge in [0.25, 0.3) is 0 Å². The SMILES string of the molecule is C[C@@H]1C[C@H](C)CN(C(=O)Nc2cccc3cccnc23)C1. The van der Waals surface area contributed by atoms with Gasteiger partial charge in [0, 0.05) is 24.7 Å². The number of hydrogen-bond acceptors (Lipinski definition) is 2. The molecule has 4 nitrogen and oxygen atoms in total. The molecule has 2 heterocycles. The average Bonchev–Trinajstić information content (AvgIpc) is 2.46. The minimum absolute atomic E-state index is 0.0217. The van der Waals surface area contributed by atoms with Gasteiger partial charge >= 0.3 is 6.03 Å². The fourth-order valence-electron chi connectivity index (χ4n) is 3.23. The van der Waals surface area contributed by atoms with Crippen molar-refractivity contribution in [2.75, 3.05) is 18.4 Å². The van der Waals surface area contributed by atoms with E-state index in [0.29, 0.717) is 11.8 Å². The number of likely N-dealkylation sites (tertiary alicyclic amines) is 1. The summed E-state index contributed by atoms with van der Waals surface area (Å²) >= 11 is 0. The van der Waals surface area contributed by atoms with Crippen LogP contribution in [0.1, 0.15) is 20.3 Å². The van der Waals surface area contributed by atoms with Crippen LogP contribution in [-0.4, -0.2) is 29.0 Å². The van der Waals surface area contributed by atoms with Gasteiger partial charge in [-0.1, -0.05) is 32.0 Å². The number of piperidine rings is 1. The molecule has 0 radical (unpaired) electrons. The van der Waals surface area contributed by atoms with Crippen molar-refractivity contribution in [3.8, 4) is 0 Å². The Kier molecular flexibility index (Phi) is 3.78. The van der Waals surface area contributed by atoms with Gasteiger partial charge in [-0.15, -0.1) is 0 Å². The molecule has 1 N–H and O–H groups in total. The van der Waals surface area contributed by atoms with Crippen molar-refractivity contribution in [1.82, 2.24) is 9.88 Å². The van der Waals surface area contributed by atoms with Crippen LogP contribution in [0.5, 0.6) is 0 Å². The third kappa shape index (κ3) is 2.99. The first-order valence-corrected chi connectivity index (χ1v) is 7.53. The second kappa shape index (κ2) is 5.72. The maximum atomic E-state index is 12.5. The van der Waals surface area contributed by atoms with Crippen molar-refractivity contribution >= 4 is 22.6 Å². The van der Waals surface area contributed by atoms with Crippen LogP contribution >= 0.6 is 0 Å². The van der Waals surface area contributed by atoms with Gasteiger partial charge in [-0.3, -0.25) is 4.98 Å². The Morgan fingerprint density at radius 1 is 1.19 bits per heavy atom. The average molecular weight is 283 g/mol. The van der Waals surface area contributed by atoms with Crippen LogP contribution in [0.3, 0.4) is 0 Å². The van der Waals surface area contributed by atoms with Gasteiger partial charge < -0.3 is 10.2 Å². The highest BCUT2D eigenvalue weighted by atomic mass is 16.2. The Hall–Kier alpha value is -2.10. The van der Waals surface area contributed by atoms with Crippen LogP contribution in [0.2, 0.25) is 0 Å². The number of hydrogen-bond donors (Lipinski definition) is 1. The highest BCUT2D eigenvalue weighted by molar-refractivity contribution is 5.99. The highest BCUT2D eigenvalue weighted by Gasteiger charge is 2.25. The third-order valence-corrected chi connectivity index (χ3v) is 4.03. The molecule has 21 heavy (non-hydrogen) atoms. The number of amides is 2. The number of anilines is 1. The summed E-state index contributed by atoms with van der Waals surface area (Å²) in [6, 6.07) is 9.74. The molecule has 0 unspecified atom stereocenters. The van der Waals surface area contributed by atoms with E-state index in [1.807, 2.05) is 35.2 Å². The number of rotatable bonds is 1. The van der Waals surface area contributed by atoms with E-state index < -0.39 is 0 Å². The second-order valence-electron chi connectivity index (χ2n) is 6.16. The number of nitrogens with zero attached hydrogens (tertiary/aromatic N) is 2. The number of aromatic nitrogens is 1. The highest BCUT2D eigenvalue weighted by Crippen LogP contribution is 2.24. The van der Waals surface area contributed by atoms with Crippen molar-refractivity contribution in [3.63, 3.8) is 0 Å². The van der Waals surface area contributed by atoms with E-state index in [0.717, 1.165) is 29.7 Å². The molecule has 1 aliphatic rings.